The Bertz CT molecular complexity index is 336. The highest BCUT2D eigenvalue weighted by Gasteiger charge is 2.06. The molecule has 0 saturated heterocycles. The molecule has 0 N–H and O–H groups in total. The first-order valence-electron chi connectivity index (χ1n) is 10.7. The Morgan fingerprint density at radius 2 is 1.33 bits per heavy atom. The predicted molar refractivity (Wildman–Crippen MR) is 113 cm³/mol. The van der Waals surface area contributed by atoms with Crippen molar-refractivity contribution in [2.24, 2.45) is 17.8 Å². The van der Waals surface area contributed by atoms with Crippen LogP contribution in [0.1, 0.15) is 112 Å². The molecule has 0 saturated carbocycles. The summed E-state index contributed by atoms with van der Waals surface area (Å²) in [6, 6.07) is 0. The van der Waals surface area contributed by atoms with E-state index in [-0.39, 0.29) is 0 Å². The van der Waals surface area contributed by atoms with Crippen LogP contribution in [0.3, 0.4) is 0 Å². The second-order valence-corrected chi connectivity index (χ2v) is 8.42. The fourth-order valence-electron chi connectivity index (χ4n) is 3.16. The molecule has 0 aliphatic rings. The molecule has 142 valence electrons. The van der Waals surface area contributed by atoms with Crippen LogP contribution >= 0.6 is 0 Å². The largest absolute Gasteiger partial charge is 0.0999 e. The minimum absolute atomic E-state index is 0.706. The van der Waals surface area contributed by atoms with Gasteiger partial charge in [-0.3, -0.25) is 0 Å². The quantitative estimate of drug-likeness (QED) is 0.207. The first-order chi connectivity index (χ1) is 11.4. The minimum Gasteiger partial charge on any atom is -0.0999 e. The number of allylic oxidation sites excluding steroid dienone is 3. The maximum atomic E-state index is 4.05. The molecule has 3 unspecified atom stereocenters. The molecule has 0 radical (unpaired) electrons. The average molecular weight is 335 g/mol. The summed E-state index contributed by atoms with van der Waals surface area (Å²) in [6.45, 7) is 18.0. The lowest BCUT2D eigenvalue weighted by molar-refractivity contribution is 0.495. The number of hydrogen-bond acceptors (Lipinski definition) is 0. The monoisotopic (exact) mass is 334 g/mol. The molecular weight excluding hydrogens is 288 g/mol. The Hall–Kier alpha value is -0.520. The van der Waals surface area contributed by atoms with Gasteiger partial charge in [-0.2, -0.15) is 0 Å². The molecule has 0 rings (SSSR count). The summed E-state index contributed by atoms with van der Waals surface area (Å²) >= 11 is 0. The highest BCUT2D eigenvalue weighted by atomic mass is 14.1. The van der Waals surface area contributed by atoms with E-state index in [1.165, 1.54) is 76.2 Å². The van der Waals surface area contributed by atoms with Crippen molar-refractivity contribution < 1.29 is 0 Å². The van der Waals surface area contributed by atoms with Crippen LogP contribution in [0.25, 0.3) is 0 Å². The number of rotatable bonds is 15. The zero-order chi connectivity index (χ0) is 18.4. The van der Waals surface area contributed by atoms with Crippen molar-refractivity contribution in [2.45, 2.75) is 112 Å². The van der Waals surface area contributed by atoms with Crippen molar-refractivity contribution in [1.29, 1.82) is 0 Å². The van der Waals surface area contributed by atoms with Crippen LogP contribution in [0.5, 0.6) is 0 Å². The molecule has 0 aromatic carbocycles. The summed E-state index contributed by atoms with van der Waals surface area (Å²) in [6.07, 6.45) is 17.6. The second kappa shape index (κ2) is 14.8. The van der Waals surface area contributed by atoms with Crippen molar-refractivity contribution >= 4 is 0 Å². The molecule has 0 heterocycles. The topological polar surface area (TPSA) is 0 Å². The maximum Gasteiger partial charge on any atom is -0.0234 e. The summed E-state index contributed by atoms with van der Waals surface area (Å²) in [5.41, 5.74) is 2.96. The first kappa shape index (κ1) is 23.5. The smallest absolute Gasteiger partial charge is 0.0234 e. The maximum absolute atomic E-state index is 4.05. The van der Waals surface area contributed by atoms with E-state index < -0.39 is 0 Å². The van der Waals surface area contributed by atoms with E-state index >= 15 is 0 Å². The van der Waals surface area contributed by atoms with Crippen molar-refractivity contribution in [3.05, 3.63) is 23.8 Å². The van der Waals surface area contributed by atoms with Gasteiger partial charge in [-0.15, -0.1) is 0 Å². The van der Waals surface area contributed by atoms with E-state index in [9.17, 15) is 0 Å². The van der Waals surface area contributed by atoms with Gasteiger partial charge in [0, 0.05) is 0 Å². The fourth-order valence-corrected chi connectivity index (χ4v) is 3.16. The van der Waals surface area contributed by atoms with Gasteiger partial charge in [-0.1, -0.05) is 103 Å². The van der Waals surface area contributed by atoms with Gasteiger partial charge in [0.2, 0.25) is 0 Å². The lowest BCUT2D eigenvalue weighted by Crippen LogP contribution is -1.99. The Morgan fingerprint density at radius 1 is 0.792 bits per heavy atom. The Balaban J connectivity index is 3.70. The molecule has 0 aliphatic heterocycles. The van der Waals surface area contributed by atoms with Crippen LogP contribution in [0.4, 0.5) is 0 Å². The van der Waals surface area contributed by atoms with E-state index in [0.29, 0.717) is 5.92 Å². The van der Waals surface area contributed by atoms with Crippen LogP contribution in [-0.2, 0) is 0 Å². The standard InChI is InChI=1S/C24H46/c1-8-9-15-21(4)18-19-24(7)23(6)17-14-12-10-11-13-16-22(5)20(2)3/h19,21-23H,2,8-18H2,1,3-7H3. The van der Waals surface area contributed by atoms with E-state index in [0.717, 1.165) is 11.8 Å². The summed E-state index contributed by atoms with van der Waals surface area (Å²) in [5.74, 6) is 2.33. The van der Waals surface area contributed by atoms with Crippen molar-refractivity contribution in [3.8, 4) is 0 Å². The fraction of sp³-hybridized carbons (Fsp3) is 0.833. The second-order valence-electron chi connectivity index (χ2n) is 8.42. The molecule has 0 aliphatic carbocycles. The minimum atomic E-state index is 0.706. The summed E-state index contributed by atoms with van der Waals surface area (Å²) < 4.78 is 0. The average Bonchev–Trinajstić information content (AvgIpc) is 2.56. The normalized spacial score (nSPS) is 16.0. The van der Waals surface area contributed by atoms with Gasteiger partial charge in [0.25, 0.3) is 0 Å². The summed E-state index contributed by atoms with van der Waals surface area (Å²) in [5, 5.41) is 0. The van der Waals surface area contributed by atoms with Crippen LogP contribution < -0.4 is 0 Å². The molecule has 0 spiro atoms. The number of hydrogen-bond donors (Lipinski definition) is 0. The number of unbranched alkanes of at least 4 members (excludes halogenated alkanes) is 5. The van der Waals surface area contributed by atoms with Gasteiger partial charge in [0.1, 0.15) is 0 Å². The molecule has 0 heteroatoms. The third-order valence-corrected chi connectivity index (χ3v) is 5.79. The van der Waals surface area contributed by atoms with Gasteiger partial charge in [-0.25, -0.2) is 0 Å². The van der Waals surface area contributed by atoms with Crippen LogP contribution in [0.15, 0.2) is 23.8 Å². The molecule has 0 nitrogen and oxygen atoms in total. The van der Waals surface area contributed by atoms with Crippen LogP contribution in [0, 0.1) is 17.8 Å². The summed E-state index contributed by atoms with van der Waals surface area (Å²) in [7, 11) is 0. The summed E-state index contributed by atoms with van der Waals surface area (Å²) in [4.78, 5) is 0. The Kier molecular flexibility index (Phi) is 14.5. The van der Waals surface area contributed by atoms with E-state index in [1.807, 2.05) is 0 Å². The van der Waals surface area contributed by atoms with Crippen molar-refractivity contribution in [2.75, 3.05) is 0 Å². The predicted octanol–water partition coefficient (Wildman–Crippen LogP) is 8.73. The molecule has 3 atom stereocenters. The molecule has 0 bridgehead atoms. The zero-order valence-corrected chi connectivity index (χ0v) is 17.8. The molecule has 0 aromatic heterocycles. The SMILES string of the molecule is C=C(C)C(C)CCCCCCCC(C)C(C)=CCC(C)CCCC. The Labute approximate surface area is 154 Å². The van der Waals surface area contributed by atoms with Gasteiger partial charge >= 0.3 is 0 Å². The van der Waals surface area contributed by atoms with Gasteiger partial charge < -0.3 is 0 Å². The van der Waals surface area contributed by atoms with Crippen LogP contribution in [0.2, 0.25) is 0 Å². The van der Waals surface area contributed by atoms with E-state index in [2.05, 4.69) is 54.2 Å². The highest BCUT2D eigenvalue weighted by molar-refractivity contribution is 5.02. The molecule has 0 aromatic rings. The van der Waals surface area contributed by atoms with Crippen LogP contribution in [-0.4, -0.2) is 0 Å². The highest BCUT2D eigenvalue weighted by Crippen LogP contribution is 2.22. The van der Waals surface area contributed by atoms with Gasteiger partial charge in [-0.05, 0) is 50.9 Å². The lowest BCUT2D eigenvalue weighted by atomic mass is 9.92. The van der Waals surface area contributed by atoms with Gasteiger partial charge in [0.15, 0.2) is 0 Å². The van der Waals surface area contributed by atoms with Crippen molar-refractivity contribution in [3.63, 3.8) is 0 Å². The molecule has 0 fully saturated rings. The molecular formula is C24H46. The Morgan fingerprint density at radius 3 is 1.88 bits per heavy atom. The molecule has 24 heavy (non-hydrogen) atoms. The third-order valence-electron chi connectivity index (χ3n) is 5.79. The van der Waals surface area contributed by atoms with E-state index in [1.54, 1.807) is 5.57 Å². The van der Waals surface area contributed by atoms with Gasteiger partial charge in [0.05, 0.1) is 0 Å². The third kappa shape index (κ3) is 12.8. The van der Waals surface area contributed by atoms with Crippen molar-refractivity contribution in [1.82, 2.24) is 0 Å². The first-order valence-corrected chi connectivity index (χ1v) is 10.7. The molecule has 0 amide bonds. The lowest BCUT2D eigenvalue weighted by Gasteiger charge is -2.14. The van der Waals surface area contributed by atoms with E-state index in [4.69, 9.17) is 0 Å². The zero-order valence-electron chi connectivity index (χ0n) is 17.8.